The summed E-state index contributed by atoms with van der Waals surface area (Å²) in [6, 6.07) is 14.6. The van der Waals surface area contributed by atoms with Crippen LogP contribution in [0.25, 0.3) is 17.2 Å². The summed E-state index contributed by atoms with van der Waals surface area (Å²) in [6.45, 7) is 0. The second kappa shape index (κ2) is 9.23. The number of hydrogen-bond donors (Lipinski definition) is 0. The van der Waals surface area contributed by atoms with Gasteiger partial charge < -0.3 is 0 Å². The van der Waals surface area contributed by atoms with E-state index < -0.39 is 0 Å². The van der Waals surface area contributed by atoms with Crippen molar-refractivity contribution in [2.45, 2.75) is 51.0 Å². The lowest BCUT2D eigenvalue weighted by molar-refractivity contribution is -0.123. The van der Waals surface area contributed by atoms with E-state index in [2.05, 4.69) is 0 Å². The first-order valence-electron chi connectivity index (χ1n) is 10.2. The van der Waals surface area contributed by atoms with Crippen LogP contribution in [0.1, 0.15) is 50.5 Å². The average molecular weight is 426 g/mol. The van der Waals surface area contributed by atoms with Gasteiger partial charge in [0.25, 0.3) is 5.91 Å². The molecule has 150 valence electrons. The number of benzene rings is 2. The molecule has 2 aromatic carbocycles. The van der Waals surface area contributed by atoms with Crippen molar-refractivity contribution in [2.24, 2.45) is 0 Å². The Labute approximate surface area is 181 Å². The Morgan fingerprint density at radius 3 is 2.34 bits per heavy atom. The smallest absolute Gasteiger partial charge is 0.266 e. The van der Waals surface area contributed by atoms with Crippen LogP contribution < -0.4 is 0 Å². The van der Waals surface area contributed by atoms with Gasteiger partial charge in [-0.25, -0.2) is 4.39 Å². The molecule has 0 radical (unpaired) electrons. The van der Waals surface area contributed by atoms with Crippen molar-refractivity contribution in [3.8, 4) is 11.1 Å². The van der Waals surface area contributed by atoms with E-state index in [9.17, 15) is 9.18 Å². The van der Waals surface area contributed by atoms with Crippen LogP contribution in [0.2, 0.25) is 0 Å². The monoisotopic (exact) mass is 425 g/mol. The zero-order valence-electron chi connectivity index (χ0n) is 16.3. The SMILES string of the molecule is O=C1/C(=C\c2cccc(-c3cccc(F)c3)c2)SC(=S)N1C1CCCCCCC1. The number of carbonyl (C=O) groups excluding carboxylic acids is 1. The molecule has 0 bridgehead atoms. The average Bonchev–Trinajstić information content (AvgIpc) is 2.96. The molecule has 29 heavy (non-hydrogen) atoms. The predicted molar refractivity (Wildman–Crippen MR) is 123 cm³/mol. The maximum absolute atomic E-state index is 13.6. The van der Waals surface area contributed by atoms with E-state index in [0.717, 1.165) is 42.4 Å². The summed E-state index contributed by atoms with van der Waals surface area (Å²) in [4.78, 5) is 15.6. The fourth-order valence-electron chi connectivity index (χ4n) is 4.11. The molecule has 2 fully saturated rings. The Balaban J connectivity index is 1.56. The summed E-state index contributed by atoms with van der Waals surface area (Å²) in [6.07, 6.45) is 10.1. The topological polar surface area (TPSA) is 20.3 Å². The lowest BCUT2D eigenvalue weighted by Gasteiger charge is -2.28. The van der Waals surface area contributed by atoms with Gasteiger partial charge in [0, 0.05) is 6.04 Å². The molecule has 2 aliphatic rings. The Hall–Kier alpha value is -1.98. The van der Waals surface area contributed by atoms with Gasteiger partial charge in [-0.05, 0) is 53.8 Å². The highest BCUT2D eigenvalue weighted by molar-refractivity contribution is 8.26. The van der Waals surface area contributed by atoms with E-state index in [1.165, 1.54) is 43.2 Å². The minimum Gasteiger partial charge on any atom is -0.290 e. The number of nitrogens with zero attached hydrogens (tertiary/aromatic N) is 1. The van der Waals surface area contributed by atoms with Gasteiger partial charge in [-0.2, -0.15) is 0 Å². The van der Waals surface area contributed by atoms with Gasteiger partial charge in [0.1, 0.15) is 10.1 Å². The number of hydrogen-bond acceptors (Lipinski definition) is 3. The quantitative estimate of drug-likeness (QED) is 0.398. The van der Waals surface area contributed by atoms with Gasteiger partial charge in [0.15, 0.2) is 0 Å². The molecule has 0 spiro atoms. The van der Waals surface area contributed by atoms with Crippen molar-refractivity contribution in [2.75, 3.05) is 0 Å². The van der Waals surface area contributed by atoms with E-state index in [0.29, 0.717) is 9.23 Å². The van der Waals surface area contributed by atoms with Crippen LogP contribution in [-0.2, 0) is 4.79 Å². The number of carbonyl (C=O) groups is 1. The van der Waals surface area contributed by atoms with E-state index in [1.54, 1.807) is 6.07 Å². The first-order chi connectivity index (χ1) is 14.1. The Morgan fingerprint density at radius 2 is 1.62 bits per heavy atom. The Kier molecular flexibility index (Phi) is 6.46. The molecular formula is C24H24FNOS2. The Bertz CT molecular complexity index is 947. The van der Waals surface area contributed by atoms with Crippen LogP contribution in [0.15, 0.2) is 53.4 Å². The van der Waals surface area contributed by atoms with Crippen LogP contribution in [0, 0.1) is 5.82 Å². The third-order valence-corrected chi connectivity index (χ3v) is 6.94. The van der Waals surface area contributed by atoms with Crippen molar-refractivity contribution < 1.29 is 9.18 Å². The van der Waals surface area contributed by atoms with Crippen LogP contribution in [0.3, 0.4) is 0 Å². The largest absolute Gasteiger partial charge is 0.290 e. The van der Waals surface area contributed by atoms with Crippen LogP contribution in [0.5, 0.6) is 0 Å². The van der Waals surface area contributed by atoms with E-state index in [1.807, 2.05) is 41.3 Å². The molecule has 1 saturated carbocycles. The summed E-state index contributed by atoms with van der Waals surface area (Å²) in [5.41, 5.74) is 2.67. The summed E-state index contributed by atoms with van der Waals surface area (Å²) < 4.78 is 14.2. The molecule has 5 heteroatoms. The normalized spacial score (nSPS) is 20.2. The van der Waals surface area contributed by atoms with Crippen molar-refractivity contribution >= 4 is 40.3 Å². The second-order valence-electron chi connectivity index (χ2n) is 7.69. The molecule has 1 amide bonds. The Morgan fingerprint density at radius 1 is 0.966 bits per heavy atom. The van der Waals surface area contributed by atoms with Crippen molar-refractivity contribution in [3.05, 3.63) is 64.8 Å². The summed E-state index contributed by atoms with van der Waals surface area (Å²) in [7, 11) is 0. The molecular weight excluding hydrogens is 401 g/mol. The molecule has 0 aromatic heterocycles. The first kappa shape index (κ1) is 20.3. The highest BCUT2D eigenvalue weighted by atomic mass is 32.2. The lowest BCUT2D eigenvalue weighted by Crippen LogP contribution is -2.39. The fourth-order valence-corrected chi connectivity index (χ4v) is 5.52. The third-order valence-electron chi connectivity index (χ3n) is 5.61. The van der Waals surface area contributed by atoms with Gasteiger partial charge in [-0.15, -0.1) is 0 Å². The number of halogens is 1. The zero-order chi connectivity index (χ0) is 20.2. The fraction of sp³-hybridized carbons (Fsp3) is 0.333. The molecule has 0 N–H and O–H groups in total. The summed E-state index contributed by atoms with van der Waals surface area (Å²) in [5.74, 6) is -0.227. The molecule has 1 aliphatic heterocycles. The second-order valence-corrected chi connectivity index (χ2v) is 9.36. The molecule has 0 unspecified atom stereocenters. The highest BCUT2D eigenvalue weighted by Gasteiger charge is 2.36. The lowest BCUT2D eigenvalue weighted by atomic mass is 9.96. The van der Waals surface area contributed by atoms with Crippen molar-refractivity contribution in [1.82, 2.24) is 4.90 Å². The van der Waals surface area contributed by atoms with Gasteiger partial charge >= 0.3 is 0 Å². The molecule has 0 atom stereocenters. The summed E-state index contributed by atoms with van der Waals surface area (Å²) in [5, 5.41) is 0. The molecule has 2 nitrogen and oxygen atoms in total. The van der Waals surface area contributed by atoms with Gasteiger partial charge in [0.2, 0.25) is 0 Å². The summed E-state index contributed by atoms with van der Waals surface area (Å²) >= 11 is 6.97. The number of amides is 1. The van der Waals surface area contributed by atoms with Crippen LogP contribution in [0.4, 0.5) is 4.39 Å². The zero-order valence-corrected chi connectivity index (χ0v) is 17.9. The standard InChI is InChI=1S/C24H24FNOS2/c25-20-11-7-10-19(16-20)18-9-6-8-17(14-18)15-22-23(27)26(24(28)29-22)21-12-4-2-1-3-5-13-21/h6-11,14-16,21H,1-5,12-13H2/b22-15+. The van der Waals surface area contributed by atoms with Crippen LogP contribution in [-0.4, -0.2) is 21.2 Å². The minimum atomic E-state index is -0.257. The third kappa shape index (κ3) is 4.78. The first-order valence-corrected chi connectivity index (χ1v) is 11.5. The molecule has 2 aromatic rings. The van der Waals surface area contributed by atoms with Crippen molar-refractivity contribution in [3.63, 3.8) is 0 Å². The van der Waals surface area contributed by atoms with Gasteiger partial charge in [0.05, 0.1) is 4.91 Å². The maximum atomic E-state index is 13.6. The minimum absolute atomic E-state index is 0.0294. The van der Waals surface area contributed by atoms with E-state index in [-0.39, 0.29) is 17.8 Å². The van der Waals surface area contributed by atoms with Gasteiger partial charge in [-0.1, -0.05) is 86.4 Å². The number of thiocarbonyl (C=S) groups is 1. The van der Waals surface area contributed by atoms with Crippen molar-refractivity contribution in [1.29, 1.82) is 0 Å². The maximum Gasteiger partial charge on any atom is 0.266 e. The van der Waals surface area contributed by atoms with E-state index in [4.69, 9.17) is 12.2 Å². The highest BCUT2D eigenvalue weighted by Crippen LogP contribution is 2.37. The molecule has 1 heterocycles. The predicted octanol–water partition coefficient (Wildman–Crippen LogP) is 6.81. The number of rotatable bonds is 3. The van der Waals surface area contributed by atoms with Crippen LogP contribution >= 0.6 is 24.0 Å². The van der Waals surface area contributed by atoms with E-state index >= 15 is 0 Å². The molecule has 4 rings (SSSR count). The number of thioether (sulfide) groups is 1. The van der Waals surface area contributed by atoms with Gasteiger partial charge in [-0.3, -0.25) is 9.69 Å². The molecule has 1 saturated heterocycles. The molecule has 1 aliphatic carbocycles.